The highest BCUT2D eigenvalue weighted by atomic mass is 32.2. The Morgan fingerprint density at radius 3 is 2.38 bits per heavy atom. The van der Waals surface area contributed by atoms with Crippen LogP contribution in [0, 0.1) is 0 Å². The first-order chi connectivity index (χ1) is 9.76. The number of hydrogen-bond acceptors (Lipinski definition) is 4. The molecule has 0 heterocycles. The lowest BCUT2D eigenvalue weighted by molar-refractivity contribution is -0.336. The van der Waals surface area contributed by atoms with E-state index in [9.17, 15) is 13.2 Å². The summed E-state index contributed by atoms with van der Waals surface area (Å²) < 4.78 is 36.7. The van der Waals surface area contributed by atoms with E-state index in [1.807, 2.05) is 30.3 Å². The predicted molar refractivity (Wildman–Crippen MR) is 78.8 cm³/mol. The fourth-order valence-electron chi connectivity index (χ4n) is 1.20. The molecule has 3 nitrogen and oxygen atoms in total. The Morgan fingerprint density at radius 1 is 1.24 bits per heavy atom. The van der Waals surface area contributed by atoms with E-state index >= 15 is 0 Å². The second-order valence-corrected chi connectivity index (χ2v) is 4.93. The largest absolute Gasteiger partial charge is 0.443 e. The Labute approximate surface area is 124 Å². The van der Waals surface area contributed by atoms with Crippen molar-refractivity contribution in [2.24, 2.45) is 4.99 Å². The van der Waals surface area contributed by atoms with Crippen molar-refractivity contribution in [2.75, 3.05) is 5.75 Å². The van der Waals surface area contributed by atoms with E-state index in [0.717, 1.165) is 5.56 Å². The zero-order valence-electron chi connectivity index (χ0n) is 10.9. The van der Waals surface area contributed by atoms with Crippen LogP contribution in [0.2, 0.25) is 0 Å². The van der Waals surface area contributed by atoms with Crippen molar-refractivity contribution < 1.29 is 23.4 Å². The highest BCUT2D eigenvalue weighted by Crippen LogP contribution is 2.31. The summed E-state index contributed by atoms with van der Waals surface area (Å²) in [7, 11) is 0. The molecule has 114 valence electrons. The molecule has 7 heteroatoms. The zero-order chi connectivity index (χ0) is 15.9. The van der Waals surface area contributed by atoms with Crippen molar-refractivity contribution in [3.8, 4) is 0 Å². The molecule has 0 radical (unpaired) electrons. The van der Waals surface area contributed by atoms with Gasteiger partial charge in [0, 0.05) is 0 Å². The van der Waals surface area contributed by atoms with E-state index in [1.54, 1.807) is 12.2 Å². The van der Waals surface area contributed by atoms with E-state index in [2.05, 4.69) is 11.7 Å². The van der Waals surface area contributed by atoms with E-state index in [1.165, 1.54) is 5.41 Å². The average molecular weight is 317 g/mol. The van der Waals surface area contributed by atoms with Gasteiger partial charge in [-0.05, 0) is 23.8 Å². The molecule has 1 aromatic rings. The van der Waals surface area contributed by atoms with E-state index in [0.29, 0.717) is 17.5 Å². The van der Waals surface area contributed by atoms with Crippen molar-refractivity contribution in [2.45, 2.75) is 12.0 Å². The first-order valence-electron chi connectivity index (χ1n) is 5.79. The maximum absolute atomic E-state index is 12.2. The summed E-state index contributed by atoms with van der Waals surface area (Å²) in [6, 6.07) is 9.23. The fraction of sp³-hybridized carbons (Fsp3) is 0.214. The smallest absolute Gasteiger partial charge is 0.358 e. The van der Waals surface area contributed by atoms with Gasteiger partial charge in [-0.15, -0.1) is 11.8 Å². The van der Waals surface area contributed by atoms with E-state index in [-0.39, 0.29) is 0 Å². The van der Waals surface area contributed by atoms with Gasteiger partial charge in [-0.25, -0.2) is 0 Å². The minimum atomic E-state index is -5.10. The Balaban J connectivity index is 2.65. The van der Waals surface area contributed by atoms with Crippen LogP contribution in [0.1, 0.15) is 5.56 Å². The number of benzene rings is 1. The molecule has 1 rings (SSSR count). The summed E-state index contributed by atoms with van der Waals surface area (Å²) in [5.41, 5.74) is 1.22. The van der Waals surface area contributed by atoms with Crippen molar-refractivity contribution in [1.29, 1.82) is 0 Å². The summed E-state index contributed by atoms with van der Waals surface area (Å²) in [6.07, 6.45) is -1.81. The highest BCUT2D eigenvalue weighted by Gasteiger charge is 2.52. The third kappa shape index (κ3) is 5.74. The molecule has 0 bridgehead atoms. The predicted octanol–water partition coefficient (Wildman–Crippen LogP) is 3.22. The monoisotopic (exact) mass is 317 g/mol. The van der Waals surface area contributed by atoms with Gasteiger partial charge in [0.05, 0.1) is 11.4 Å². The van der Waals surface area contributed by atoms with Crippen LogP contribution in [0.5, 0.6) is 0 Å². The number of aliphatic hydroxyl groups is 2. The normalized spacial score (nSPS) is 13.7. The lowest BCUT2D eigenvalue weighted by Crippen LogP contribution is -2.47. The van der Waals surface area contributed by atoms with Crippen LogP contribution >= 0.6 is 11.8 Å². The maximum Gasteiger partial charge on any atom is 0.443 e. The molecule has 0 amide bonds. The van der Waals surface area contributed by atoms with Gasteiger partial charge in [-0.2, -0.15) is 13.2 Å². The Bertz CT molecular complexity index is 525. The summed E-state index contributed by atoms with van der Waals surface area (Å²) in [4.78, 5) is 3.64. The Hall–Kier alpha value is -1.57. The molecule has 0 atom stereocenters. The molecule has 0 aromatic heterocycles. The van der Waals surface area contributed by atoms with Gasteiger partial charge in [0.1, 0.15) is 0 Å². The second kappa shape index (κ2) is 7.44. The summed E-state index contributed by atoms with van der Waals surface area (Å²) in [5, 5.41) is 19.0. The molecule has 0 aliphatic carbocycles. The minimum Gasteiger partial charge on any atom is -0.358 e. The summed E-state index contributed by atoms with van der Waals surface area (Å²) in [5.74, 6) is -4.68. The molecule has 0 unspecified atom stereocenters. The zero-order valence-corrected chi connectivity index (χ0v) is 11.7. The number of rotatable bonds is 6. The molecule has 0 fully saturated rings. The van der Waals surface area contributed by atoms with Gasteiger partial charge >= 0.3 is 6.18 Å². The number of halogens is 3. The molecule has 0 saturated heterocycles. The molecule has 21 heavy (non-hydrogen) atoms. The van der Waals surface area contributed by atoms with Crippen LogP contribution in [-0.2, 0) is 0 Å². The standard InChI is InChI=1S/C14H14F3NO2S/c1-18-12(8-7-11-5-3-2-4-6-11)9-21-10-13(19,20)14(15,16)17/h2-9,19-20H,1,10H2/b8-7+,12-9-. The lowest BCUT2D eigenvalue weighted by Gasteiger charge is -2.23. The number of nitrogens with zero attached hydrogens (tertiary/aromatic N) is 1. The van der Waals surface area contributed by atoms with Crippen LogP contribution in [-0.4, -0.2) is 34.6 Å². The first-order valence-corrected chi connectivity index (χ1v) is 6.84. The van der Waals surface area contributed by atoms with Crippen LogP contribution in [0.25, 0.3) is 6.08 Å². The summed E-state index contributed by atoms with van der Waals surface area (Å²) >= 11 is 0.588. The Morgan fingerprint density at radius 2 is 1.86 bits per heavy atom. The fourth-order valence-corrected chi connectivity index (χ4v) is 2.00. The lowest BCUT2D eigenvalue weighted by atomic mass is 10.2. The van der Waals surface area contributed by atoms with E-state index < -0.39 is 17.7 Å². The number of thioether (sulfide) groups is 1. The minimum absolute atomic E-state index is 0.321. The van der Waals surface area contributed by atoms with Crippen molar-refractivity contribution in [3.05, 3.63) is 53.1 Å². The van der Waals surface area contributed by atoms with Crippen molar-refractivity contribution >= 4 is 24.6 Å². The van der Waals surface area contributed by atoms with Crippen LogP contribution in [0.15, 0.2) is 52.5 Å². The van der Waals surface area contributed by atoms with Crippen LogP contribution < -0.4 is 0 Å². The van der Waals surface area contributed by atoms with Crippen LogP contribution in [0.3, 0.4) is 0 Å². The number of alkyl halides is 3. The molecule has 0 aliphatic heterocycles. The third-order valence-corrected chi connectivity index (χ3v) is 3.35. The molecule has 0 spiro atoms. The molecule has 2 N–H and O–H groups in total. The first kappa shape index (κ1) is 17.5. The van der Waals surface area contributed by atoms with Crippen molar-refractivity contribution in [3.63, 3.8) is 0 Å². The molecule has 0 aliphatic rings. The molecular formula is C14H14F3NO2S. The highest BCUT2D eigenvalue weighted by molar-refractivity contribution is 8.02. The van der Waals surface area contributed by atoms with Gasteiger partial charge in [0.25, 0.3) is 5.79 Å². The average Bonchev–Trinajstić information content (AvgIpc) is 2.42. The SMILES string of the molecule is C=NC(=C\SCC(O)(O)C(F)(F)F)/C=C/c1ccccc1. The molecule has 0 saturated carbocycles. The number of allylic oxidation sites excluding steroid dienone is 1. The number of aliphatic imine (C=N–C) groups is 1. The second-order valence-electron chi connectivity index (χ2n) is 4.07. The third-order valence-electron chi connectivity index (χ3n) is 2.37. The van der Waals surface area contributed by atoms with Gasteiger partial charge in [-0.3, -0.25) is 4.99 Å². The molecule has 1 aromatic carbocycles. The van der Waals surface area contributed by atoms with E-state index in [4.69, 9.17) is 10.2 Å². The number of hydrogen-bond donors (Lipinski definition) is 2. The van der Waals surface area contributed by atoms with Gasteiger partial charge in [0.2, 0.25) is 0 Å². The quantitative estimate of drug-likeness (QED) is 0.481. The molecular weight excluding hydrogens is 303 g/mol. The van der Waals surface area contributed by atoms with Gasteiger partial charge in [-0.1, -0.05) is 36.4 Å². The van der Waals surface area contributed by atoms with Crippen molar-refractivity contribution in [1.82, 2.24) is 0 Å². The van der Waals surface area contributed by atoms with Crippen LogP contribution in [0.4, 0.5) is 13.2 Å². The van der Waals surface area contributed by atoms with Gasteiger partial charge in [0.15, 0.2) is 0 Å². The maximum atomic E-state index is 12.2. The van der Waals surface area contributed by atoms with Gasteiger partial charge < -0.3 is 10.2 Å². The Kier molecular flexibility index (Phi) is 6.19. The topological polar surface area (TPSA) is 52.8 Å². The summed E-state index contributed by atoms with van der Waals surface area (Å²) in [6.45, 7) is 3.31.